The average Bonchev–Trinajstić information content (AvgIpc) is 2.74. The summed E-state index contributed by atoms with van der Waals surface area (Å²) in [5.74, 6) is -0.572. The van der Waals surface area contributed by atoms with Crippen molar-refractivity contribution in [1.82, 2.24) is 5.32 Å². The van der Waals surface area contributed by atoms with E-state index in [9.17, 15) is 14.4 Å². The van der Waals surface area contributed by atoms with Gasteiger partial charge in [-0.3, -0.25) is 9.59 Å². The van der Waals surface area contributed by atoms with Gasteiger partial charge >= 0.3 is 5.97 Å². The summed E-state index contributed by atoms with van der Waals surface area (Å²) in [6, 6.07) is 13.9. The van der Waals surface area contributed by atoms with Crippen LogP contribution in [0.25, 0.3) is 0 Å². The van der Waals surface area contributed by atoms with Gasteiger partial charge < -0.3 is 15.4 Å². The van der Waals surface area contributed by atoms with Crippen LogP contribution in [0.3, 0.4) is 0 Å². The molecule has 3 rings (SSSR count). The Morgan fingerprint density at radius 2 is 1.73 bits per heavy atom. The summed E-state index contributed by atoms with van der Waals surface area (Å²) < 4.78 is 5.20. The second kappa shape index (κ2) is 10.1. The Balaban J connectivity index is 1.57. The first-order chi connectivity index (χ1) is 14.4. The van der Waals surface area contributed by atoms with Crippen LogP contribution >= 0.6 is 0 Å². The predicted octanol–water partition coefficient (Wildman–Crippen LogP) is 4.10. The number of nitrogens with one attached hydrogen (secondary N) is 2. The van der Waals surface area contributed by atoms with Gasteiger partial charge in [0.25, 0.3) is 11.8 Å². The summed E-state index contributed by atoms with van der Waals surface area (Å²) in [5, 5.41) is 5.69. The summed E-state index contributed by atoms with van der Waals surface area (Å²) in [6.45, 7) is 3.78. The van der Waals surface area contributed by atoms with E-state index in [0.29, 0.717) is 17.2 Å². The molecule has 0 atom stereocenters. The van der Waals surface area contributed by atoms with Gasteiger partial charge in [0.1, 0.15) is 0 Å². The van der Waals surface area contributed by atoms with Crippen molar-refractivity contribution >= 4 is 23.5 Å². The number of carbonyl (C=O) groups is 3. The Kier molecular flexibility index (Phi) is 7.22. The van der Waals surface area contributed by atoms with Gasteiger partial charge in [0.2, 0.25) is 0 Å². The van der Waals surface area contributed by atoms with Gasteiger partial charge in [0.05, 0.1) is 11.3 Å². The van der Waals surface area contributed by atoms with Crippen molar-refractivity contribution in [3.63, 3.8) is 0 Å². The Morgan fingerprint density at radius 3 is 2.47 bits per heavy atom. The molecule has 0 spiro atoms. The normalized spacial score (nSPS) is 18.3. The van der Waals surface area contributed by atoms with E-state index in [1.807, 2.05) is 13.0 Å². The van der Waals surface area contributed by atoms with E-state index >= 15 is 0 Å². The molecule has 6 nitrogen and oxygen atoms in total. The number of para-hydroxylation sites is 1. The summed E-state index contributed by atoms with van der Waals surface area (Å²) in [7, 11) is 0. The largest absolute Gasteiger partial charge is 0.452 e. The fourth-order valence-corrected chi connectivity index (χ4v) is 3.63. The van der Waals surface area contributed by atoms with Crippen molar-refractivity contribution < 1.29 is 19.1 Å². The number of carbonyl (C=O) groups excluding carboxylic acids is 3. The van der Waals surface area contributed by atoms with Gasteiger partial charge in [0, 0.05) is 11.6 Å². The molecule has 0 bridgehead atoms. The molecule has 6 heteroatoms. The molecule has 2 N–H and O–H groups in total. The number of aryl methyl sites for hydroxylation is 1. The van der Waals surface area contributed by atoms with Crippen molar-refractivity contribution in [2.45, 2.75) is 45.6 Å². The lowest BCUT2D eigenvalue weighted by molar-refractivity contribution is -0.125. The summed E-state index contributed by atoms with van der Waals surface area (Å²) in [5.41, 5.74) is 2.02. The zero-order valence-electron chi connectivity index (χ0n) is 17.4. The second-order valence-electron chi connectivity index (χ2n) is 7.97. The van der Waals surface area contributed by atoms with Crippen molar-refractivity contribution in [1.29, 1.82) is 0 Å². The number of esters is 1. The molecule has 2 aromatic rings. The maximum absolute atomic E-state index is 12.5. The SMILES string of the molecule is Cc1cccc(C(=O)Nc2ccccc2C(=O)OCC(=O)NC2CCC(C)CC2)c1. The predicted molar refractivity (Wildman–Crippen MR) is 115 cm³/mol. The number of rotatable bonds is 6. The minimum atomic E-state index is -0.650. The van der Waals surface area contributed by atoms with E-state index in [2.05, 4.69) is 17.6 Å². The topological polar surface area (TPSA) is 84.5 Å². The quantitative estimate of drug-likeness (QED) is 0.705. The number of hydrogen-bond acceptors (Lipinski definition) is 4. The minimum absolute atomic E-state index is 0.147. The first kappa shape index (κ1) is 21.6. The van der Waals surface area contributed by atoms with Gasteiger partial charge in [-0.25, -0.2) is 4.79 Å². The maximum Gasteiger partial charge on any atom is 0.340 e. The van der Waals surface area contributed by atoms with E-state index < -0.39 is 5.97 Å². The summed E-state index contributed by atoms with van der Waals surface area (Å²) in [4.78, 5) is 37.2. The monoisotopic (exact) mass is 408 g/mol. The van der Waals surface area contributed by atoms with Crippen LogP contribution in [0, 0.1) is 12.8 Å². The van der Waals surface area contributed by atoms with Crippen molar-refractivity contribution in [3.05, 3.63) is 65.2 Å². The van der Waals surface area contributed by atoms with E-state index in [4.69, 9.17) is 4.74 Å². The van der Waals surface area contributed by atoms with E-state index in [1.165, 1.54) is 0 Å². The molecule has 0 unspecified atom stereocenters. The summed E-state index contributed by atoms with van der Waals surface area (Å²) in [6.07, 6.45) is 4.10. The summed E-state index contributed by atoms with van der Waals surface area (Å²) >= 11 is 0. The standard InChI is InChI=1S/C24H28N2O4/c1-16-10-12-19(13-11-16)25-22(27)15-30-24(29)20-8-3-4-9-21(20)26-23(28)18-7-5-6-17(2)14-18/h3-9,14,16,19H,10-13,15H2,1-2H3,(H,25,27)(H,26,28). The van der Waals surface area contributed by atoms with Gasteiger partial charge in [-0.1, -0.05) is 36.8 Å². The Bertz CT molecular complexity index is 917. The van der Waals surface area contributed by atoms with Crippen molar-refractivity contribution in [3.8, 4) is 0 Å². The van der Waals surface area contributed by atoms with E-state index in [0.717, 1.165) is 31.2 Å². The third-order valence-electron chi connectivity index (χ3n) is 5.39. The van der Waals surface area contributed by atoms with Crippen LogP contribution in [-0.2, 0) is 9.53 Å². The molecule has 30 heavy (non-hydrogen) atoms. The van der Waals surface area contributed by atoms with Crippen LogP contribution in [0.1, 0.15) is 58.9 Å². The zero-order chi connectivity index (χ0) is 21.5. The molecule has 0 radical (unpaired) electrons. The number of ether oxygens (including phenoxy) is 1. The molecule has 0 heterocycles. The van der Waals surface area contributed by atoms with Crippen LogP contribution in [0.4, 0.5) is 5.69 Å². The zero-order valence-corrected chi connectivity index (χ0v) is 17.4. The first-order valence-corrected chi connectivity index (χ1v) is 10.4. The molecule has 0 aliphatic heterocycles. The van der Waals surface area contributed by atoms with E-state index in [1.54, 1.807) is 42.5 Å². The molecule has 158 valence electrons. The van der Waals surface area contributed by atoms with Crippen LogP contribution in [-0.4, -0.2) is 30.4 Å². The molecule has 0 saturated heterocycles. The van der Waals surface area contributed by atoms with Crippen LogP contribution in [0.5, 0.6) is 0 Å². The lowest BCUT2D eigenvalue weighted by atomic mass is 9.87. The first-order valence-electron chi connectivity index (χ1n) is 10.4. The van der Waals surface area contributed by atoms with Crippen LogP contribution in [0.15, 0.2) is 48.5 Å². The lowest BCUT2D eigenvalue weighted by Gasteiger charge is -2.26. The highest BCUT2D eigenvalue weighted by Gasteiger charge is 2.21. The van der Waals surface area contributed by atoms with Gasteiger partial charge in [-0.05, 0) is 62.8 Å². The third kappa shape index (κ3) is 5.92. The fourth-order valence-electron chi connectivity index (χ4n) is 3.63. The molecule has 0 aromatic heterocycles. The second-order valence-corrected chi connectivity index (χ2v) is 7.97. The highest BCUT2D eigenvalue weighted by molar-refractivity contribution is 6.08. The Hall–Kier alpha value is -3.15. The van der Waals surface area contributed by atoms with Gasteiger partial charge in [-0.2, -0.15) is 0 Å². The average molecular weight is 408 g/mol. The fraction of sp³-hybridized carbons (Fsp3) is 0.375. The number of anilines is 1. The minimum Gasteiger partial charge on any atom is -0.452 e. The molecule has 1 saturated carbocycles. The van der Waals surface area contributed by atoms with Crippen LogP contribution in [0.2, 0.25) is 0 Å². The molecular weight excluding hydrogens is 380 g/mol. The van der Waals surface area contributed by atoms with Crippen molar-refractivity contribution in [2.24, 2.45) is 5.92 Å². The molecular formula is C24H28N2O4. The highest BCUT2D eigenvalue weighted by Crippen LogP contribution is 2.23. The van der Waals surface area contributed by atoms with Gasteiger partial charge in [0.15, 0.2) is 6.61 Å². The molecule has 1 fully saturated rings. The number of hydrogen-bond donors (Lipinski definition) is 2. The number of amides is 2. The Morgan fingerprint density at radius 1 is 1.00 bits per heavy atom. The maximum atomic E-state index is 12.5. The van der Waals surface area contributed by atoms with Crippen LogP contribution < -0.4 is 10.6 Å². The molecule has 2 aromatic carbocycles. The van der Waals surface area contributed by atoms with Crippen molar-refractivity contribution in [2.75, 3.05) is 11.9 Å². The number of benzene rings is 2. The third-order valence-corrected chi connectivity index (χ3v) is 5.39. The highest BCUT2D eigenvalue weighted by atomic mass is 16.5. The smallest absolute Gasteiger partial charge is 0.340 e. The van der Waals surface area contributed by atoms with E-state index in [-0.39, 0.29) is 30.0 Å². The lowest BCUT2D eigenvalue weighted by Crippen LogP contribution is -2.39. The Labute approximate surface area is 177 Å². The molecule has 1 aliphatic rings. The van der Waals surface area contributed by atoms with Gasteiger partial charge in [-0.15, -0.1) is 0 Å². The molecule has 1 aliphatic carbocycles. The molecule has 2 amide bonds.